The lowest BCUT2D eigenvalue weighted by atomic mass is 10.2. The van der Waals surface area contributed by atoms with Crippen molar-refractivity contribution in [2.75, 3.05) is 6.61 Å². The van der Waals surface area contributed by atoms with Crippen LogP contribution in [0, 0.1) is 0 Å². The van der Waals surface area contributed by atoms with Crippen LogP contribution in [0.5, 0.6) is 5.75 Å². The second-order valence-corrected chi connectivity index (χ2v) is 4.78. The summed E-state index contributed by atoms with van der Waals surface area (Å²) in [5.41, 5.74) is 6.21. The number of nitrogens with zero attached hydrogens (tertiary/aromatic N) is 3. The van der Waals surface area contributed by atoms with Crippen LogP contribution in [0.3, 0.4) is 0 Å². The minimum absolute atomic E-state index is 0.120. The molecule has 1 heterocycles. The summed E-state index contributed by atoms with van der Waals surface area (Å²) in [6, 6.07) is 7.28. The number of hydrogen-bond acceptors (Lipinski definition) is 4. The first kappa shape index (κ1) is 14.3. The second kappa shape index (κ2) is 6.33. The Morgan fingerprint density at radius 3 is 2.65 bits per heavy atom. The zero-order valence-electron chi connectivity index (χ0n) is 11.2. The van der Waals surface area contributed by atoms with Crippen LogP contribution in [0.15, 0.2) is 35.4 Å². The van der Waals surface area contributed by atoms with Crippen molar-refractivity contribution in [1.82, 2.24) is 14.3 Å². The smallest absolute Gasteiger partial charge is 0.345 e. The molecule has 2 N–H and O–H groups in total. The summed E-state index contributed by atoms with van der Waals surface area (Å²) in [6.07, 6.45) is 2.20. The summed E-state index contributed by atoms with van der Waals surface area (Å²) >= 11 is 4.88. The molecule has 0 radical (unpaired) electrons. The molecule has 0 bridgehead atoms. The van der Waals surface area contributed by atoms with Crippen molar-refractivity contribution < 1.29 is 4.74 Å². The third kappa shape index (κ3) is 3.45. The lowest BCUT2D eigenvalue weighted by Gasteiger charge is -2.06. The Bertz CT molecular complexity index is 645. The average Bonchev–Trinajstić information content (AvgIpc) is 2.76. The van der Waals surface area contributed by atoms with Crippen LogP contribution in [0.1, 0.15) is 12.0 Å². The van der Waals surface area contributed by atoms with Crippen LogP contribution in [-0.2, 0) is 13.6 Å². The fourth-order valence-corrected chi connectivity index (χ4v) is 1.83. The fraction of sp³-hybridized carbons (Fsp3) is 0.308. The number of thiocarbonyl (C=S) groups is 1. The van der Waals surface area contributed by atoms with Gasteiger partial charge < -0.3 is 10.5 Å². The largest absolute Gasteiger partial charge is 0.494 e. The third-order valence-electron chi connectivity index (χ3n) is 2.81. The number of benzene rings is 1. The molecule has 0 aliphatic heterocycles. The molecule has 2 aromatic rings. The van der Waals surface area contributed by atoms with Crippen LogP contribution in [0.4, 0.5) is 0 Å². The molecule has 0 aliphatic rings. The number of rotatable bonds is 6. The lowest BCUT2D eigenvalue weighted by Crippen LogP contribution is -2.23. The average molecular weight is 292 g/mol. The minimum atomic E-state index is -0.120. The van der Waals surface area contributed by atoms with Crippen LogP contribution in [0.2, 0.25) is 0 Å². The van der Waals surface area contributed by atoms with Gasteiger partial charge >= 0.3 is 5.69 Å². The Morgan fingerprint density at radius 2 is 2.10 bits per heavy atom. The van der Waals surface area contributed by atoms with E-state index >= 15 is 0 Å². The van der Waals surface area contributed by atoms with Gasteiger partial charge in [0.2, 0.25) is 0 Å². The SMILES string of the molecule is Cn1cnn(CCCOc2ccc(C(N)=S)cc2)c1=O. The van der Waals surface area contributed by atoms with Gasteiger partial charge in [0.1, 0.15) is 17.1 Å². The Kier molecular flexibility index (Phi) is 4.52. The first-order chi connectivity index (χ1) is 9.58. The van der Waals surface area contributed by atoms with Crippen LogP contribution >= 0.6 is 12.2 Å². The monoisotopic (exact) mass is 292 g/mol. The number of ether oxygens (including phenoxy) is 1. The number of aryl methyl sites for hydroxylation is 2. The van der Waals surface area contributed by atoms with Gasteiger partial charge in [-0.25, -0.2) is 9.48 Å². The first-order valence-corrected chi connectivity index (χ1v) is 6.60. The van der Waals surface area contributed by atoms with E-state index in [0.717, 1.165) is 11.3 Å². The summed E-state index contributed by atoms with van der Waals surface area (Å²) in [5, 5.41) is 3.97. The molecule has 1 aromatic heterocycles. The Balaban J connectivity index is 1.80. The molecule has 6 nitrogen and oxygen atoms in total. The first-order valence-electron chi connectivity index (χ1n) is 6.19. The third-order valence-corrected chi connectivity index (χ3v) is 3.04. The highest BCUT2D eigenvalue weighted by Gasteiger charge is 2.01. The summed E-state index contributed by atoms with van der Waals surface area (Å²) < 4.78 is 8.43. The maximum absolute atomic E-state index is 11.5. The summed E-state index contributed by atoms with van der Waals surface area (Å²) in [5.74, 6) is 0.748. The van der Waals surface area contributed by atoms with Crippen molar-refractivity contribution in [3.05, 3.63) is 46.6 Å². The van der Waals surface area contributed by atoms with Crippen molar-refractivity contribution in [3.8, 4) is 5.75 Å². The number of nitrogens with two attached hydrogens (primary N) is 1. The van der Waals surface area contributed by atoms with Crippen molar-refractivity contribution in [2.45, 2.75) is 13.0 Å². The van der Waals surface area contributed by atoms with Crippen molar-refractivity contribution in [1.29, 1.82) is 0 Å². The lowest BCUT2D eigenvalue weighted by molar-refractivity contribution is 0.297. The van der Waals surface area contributed by atoms with E-state index in [1.807, 2.05) is 24.3 Å². The molecule has 0 saturated carbocycles. The van der Waals surface area contributed by atoms with Gasteiger partial charge in [0, 0.05) is 25.6 Å². The Hall–Kier alpha value is -2.15. The zero-order valence-corrected chi connectivity index (χ0v) is 12.0. The maximum Gasteiger partial charge on any atom is 0.345 e. The molecule has 20 heavy (non-hydrogen) atoms. The molecule has 2 rings (SSSR count). The highest BCUT2D eigenvalue weighted by atomic mass is 32.1. The molecule has 0 atom stereocenters. The van der Waals surface area contributed by atoms with E-state index in [-0.39, 0.29) is 5.69 Å². The van der Waals surface area contributed by atoms with E-state index in [1.54, 1.807) is 7.05 Å². The van der Waals surface area contributed by atoms with Gasteiger partial charge in [-0.2, -0.15) is 5.10 Å². The van der Waals surface area contributed by atoms with Crippen LogP contribution in [0.25, 0.3) is 0 Å². The van der Waals surface area contributed by atoms with Gasteiger partial charge in [-0.15, -0.1) is 0 Å². The molecular formula is C13H16N4O2S. The molecule has 7 heteroatoms. The summed E-state index contributed by atoms with van der Waals surface area (Å²) in [7, 11) is 1.67. The standard InChI is InChI=1S/C13H16N4O2S/c1-16-9-15-17(13(16)18)7-2-8-19-11-5-3-10(4-6-11)12(14)20/h3-6,9H,2,7-8H2,1H3,(H2,14,20). The quantitative estimate of drug-likeness (QED) is 0.626. The molecule has 0 saturated heterocycles. The van der Waals surface area contributed by atoms with Gasteiger partial charge in [-0.05, 0) is 24.3 Å². The van der Waals surface area contributed by atoms with Crippen molar-refractivity contribution >= 4 is 17.2 Å². The minimum Gasteiger partial charge on any atom is -0.494 e. The van der Waals surface area contributed by atoms with Gasteiger partial charge in [-0.1, -0.05) is 12.2 Å². The highest BCUT2D eigenvalue weighted by Crippen LogP contribution is 2.12. The van der Waals surface area contributed by atoms with Gasteiger partial charge in [0.05, 0.1) is 6.61 Å². The van der Waals surface area contributed by atoms with Crippen LogP contribution in [-0.4, -0.2) is 25.9 Å². The van der Waals surface area contributed by atoms with Crippen molar-refractivity contribution in [2.24, 2.45) is 12.8 Å². The van der Waals surface area contributed by atoms with Crippen LogP contribution < -0.4 is 16.2 Å². The van der Waals surface area contributed by atoms with E-state index in [4.69, 9.17) is 22.7 Å². The second-order valence-electron chi connectivity index (χ2n) is 4.34. The number of aromatic nitrogens is 3. The predicted octanol–water partition coefficient (Wildman–Crippen LogP) is 0.685. The molecule has 0 unspecified atom stereocenters. The molecule has 0 fully saturated rings. The zero-order chi connectivity index (χ0) is 14.5. The molecular weight excluding hydrogens is 276 g/mol. The summed E-state index contributed by atoms with van der Waals surface area (Å²) in [6.45, 7) is 1.04. The molecule has 106 valence electrons. The van der Waals surface area contributed by atoms with Crippen molar-refractivity contribution in [3.63, 3.8) is 0 Å². The normalized spacial score (nSPS) is 10.4. The molecule has 1 aromatic carbocycles. The molecule has 0 aliphatic carbocycles. The fourth-order valence-electron chi connectivity index (χ4n) is 1.69. The molecule has 0 spiro atoms. The van der Waals surface area contributed by atoms with E-state index < -0.39 is 0 Å². The van der Waals surface area contributed by atoms with E-state index in [1.165, 1.54) is 15.6 Å². The van der Waals surface area contributed by atoms with E-state index in [9.17, 15) is 4.79 Å². The summed E-state index contributed by atoms with van der Waals surface area (Å²) in [4.78, 5) is 11.9. The number of hydrogen-bond donors (Lipinski definition) is 1. The van der Waals surface area contributed by atoms with Gasteiger partial charge in [0.15, 0.2) is 0 Å². The van der Waals surface area contributed by atoms with E-state index in [2.05, 4.69) is 5.10 Å². The Labute approximate surface area is 121 Å². The van der Waals surface area contributed by atoms with E-state index in [0.29, 0.717) is 24.6 Å². The molecule has 0 amide bonds. The maximum atomic E-state index is 11.5. The highest BCUT2D eigenvalue weighted by molar-refractivity contribution is 7.80. The Morgan fingerprint density at radius 1 is 1.40 bits per heavy atom. The van der Waals surface area contributed by atoms with Gasteiger partial charge in [-0.3, -0.25) is 4.57 Å². The predicted molar refractivity (Wildman–Crippen MR) is 79.9 cm³/mol. The van der Waals surface area contributed by atoms with Gasteiger partial charge in [0.25, 0.3) is 0 Å². The topological polar surface area (TPSA) is 75.1 Å².